The number of carbonyl (C=O) groups is 1. The van der Waals surface area contributed by atoms with Gasteiger partial charge in [0.05, 0.1) is 0 Å². The topological polar surface area (TPSA) is 92.5 Å². The Kier molecular flexibility index (Phi) is 6.35. The van der Waals surface area contributed by atoms with Gasteiger partial charge in [-0.2, -0.15) is 0 Å². The Balaban J connectivity index is 1.76. The van der Waals surface area contributed by atoms with Gasteiger partial charge >= 0.3 is 0 Å². The number of fused-ring (bicyclic) bond motifs is 1. The van der Waals surface area contributed by atoms with Gasteiger partial charge in [0.15, 0.2) is 11.3 Å². The molecule has 0 aliphatic carbocycles. The summed E-state index contributed by atoms with van der Waals surface area (Å²) in [4.78, 5) is 19.2. The van der Waals surface area contributed by atoms with Crippen molar-refractivity contribution < 1.29 is 17.6 Å². The van der Waals surface area contributed by atoms with Crippen LogP contribution in [0.4, 0.5) is 0 Å². The monoisotopic (exact) mass is 455 g/mol. The number of likely N-dealkylation sites (tertiary alicyclic amines) is 1. The van der Waals surface area contributed by atoms with Crippen molar-refractivity contribution in [2.24, 2.45) is 0 Å². The SMILES string of the molecule is Cc1cc2c(C)c(C(=O)N3CCCCCC3)oc2c(S(=O)(=O)NCc2cccnc2)c1C. The molecule has 0 spiro atoms. The first-order chi connectivity index (χ1) is 15.3. The van der Waals surface area contributed by atoms with Crippen LogP contribution in [0, 0.1) is 20.8 Å². The summed E-state index contributed by atoms with van der Waals surface area (Å²) in [6, 6.07) is 5.47. The molecule has 3 heterocycles. The molecule has 1 fully saturated rings. The van der Waals surface area contributed by atoms with E-state index in [0.717, 1.165) is 36.8 Å². The number of nitrogens with one attached hydrogen (secondary N) is 1. The molecular weight excluding hydrogens is 426 g/mol. The molecule has 0 bridgehead atoms. The zero-order chi connectivity index (χ0) is 22.9. The van der Waals surface area contributed by atoms with E-state index in [0.29, 0.717) is 29.6 Å². The summed E-state index contributed by atoms with van der Waals surface area (Å²) >= 11 is 0. The number of hydrogen-bond donors (Lipinski definition) is 1. The van der Waals surface area contributed by atoms with Crippen LogP contribution in [-0.4, -0.2) is 37.3 Å². The number of rotatable bonds is 5. The summed E-state index contributed by atoms with van der Waals surface area (Å²) in [5.74, 6) is 0.0678. The van der Waals surface area contributed by atoms with Gasteiger partial charge in [-0.05, 0) is 62.4 Å². The van der Waals surface area contributed by atoms with Gasteiger partial charge in [-0.1, -0.05) is 18.9 Å². The molecule has 0 radical (unpaired) electrons. The Morgan fingerprint density at radius 1 is 1.12 bits per heavy atom. The summed E-state index contributed by atoms with van der Waals surface area (Å²) in [6.45, 7) is 6.98. The normalized spacial score (nSPS) is 15.2. The van der Waals surface area contributed by atoms with Crippen molar-refractivity contribution in [1.29, 1.82) is 0 Å². The van der Waals surface area contributed by atoms with Crippen LogP contribution >= 0.6 is 0 Å². The van der Waals surface area contributed by atoms with Gasteiger partial charge in [0, 0.05) is 43.0 Å². The number of sulfonamides is 1. The third-order valence-corrected chi connectivity index (χ3v) is 7.79. The van der Waals surface area contributed by atoms with Crippen LogP contribution in [0.15, 0.2) is 39.9 Å². The van der Waals surface area contributed by atoms with Crippen molar-refractivity contribution in [3.05, 3.63) is 58.6 Å². The number of hydrogen-bond acceptors (Lipinski definition) is 5. The Hall–Kier alpha value is -2.71. The number of aryl methyl sites for hydroxylation is 2. The molecule has 32 heavy (non-hydrogen) atoms. The smallest absolute Gasteiger partial charge is 0.289 e. The van der Waals surface area contributed by atoms with Gasteiger partial charge in [-0.25, -0.2) is 13.1 Å². The van der Waals surface area contributed by atoms with Crippen LogP contribution < -0.4 is 4.72 Å². The molecule has 3 aromatic rings. The van der Waals surface area contributed by atoms with Crippen LogP contribution in [0.2, 0.25) is 0 Å². The maximum absolute atomic E-state index is 13.3. The molecule has 1 aliphatic heterocycles. The van der Waals surface area contributed by atoms with E-state index in [-0.39, 0.29) is 28.7 Å². The number of pyridine rings is 1. The van der Waals surface area contributed by atoms with Crippen LogP contribution in [0.25, 0.3) is 11.0 Å². The molecule has 2 aromatic heterocycles. The Bertz CT molecular complexity index is 1240. The zero-order valence-corrected chi connectivity index (χ0v) is 19.6. The average molecular weight is 456 g/mol. The minimum Gasteiger partial charge on any atom is -0.449 e. The Morgan fingerprint density at radius 3 is 2.50 bits per heavy atom. The van der Waals surface area contributed by atoms with E-state index in [2.05, 4.69) is 9.71 Å². The molecule has 8 heteroatoms. The summed E-state index contributed by atoms with van der Waals surface area (Å²) in [5, 5.41) is 0.660. The maximum atomic E-state index is 13.3. The molecule has 4 rings (SSSR count). The largest absolute Gasteiger partial charge is 0.449 e. The zero-order valence-electron chi connectivity index (χ0n) is 18.8. The fraction of sp³-hybridized carbons (Fsp3) is 0.417. The summed E-state index contributed by atoms with van der Waals surface area (Å²) < 4.78 is 35.4. The molecule has 0 unspecified atom stereocenters. The second-order valence-electron chi connectivity index (χ2n) is 8.47. The molecule has 1 aromatic carbocycles. The molecule has 1 saturated heterocycles. The van der Waals surface area contributed by atoms with Gasteiger partial charge in [-0.3, -0.25) is 9.78 Å². The van der Waals surface area contributed by atoms with Crippen molar-refractivity contribution in [3.63, 3.8) is 0 Å². The lowest BCUT2D eigenvalue weighted by Crippen LogP contribution is -2.31. The van der Waals surface area contributed by atoms with E-state index in [9.17, 15) is 13.2 Å². The van der Waals surface area contributed by atoms with Crippen LogP contribution in [0.3, 0.4) is 0 Å². The highest BCUT2D eigenvalue weighted by molar-refractivity contribution is 7.89. The predicted octanol–water partition coefficient (Wildman–Crippen LogP) is 4.25. The van der Waals surface area contributed by atoms with Crippen molar-refractivity contribution in [1.82, 2.24) is 14.6 Å². The second-order valence-corrected chi connectivity index (χ2v) is 10.2. The second kappa shape index (κ2) is 9.03. The van der Waals surface area contributed by atoms with Gasteiger partial charge in [0.2, 0.25) is 10.0 Å². The highest BCUT2D eigenvalue weighted by Gasteiger charge is 2.29. The first-order valence-electron chi connectivity index (χ1n) is 11.0. The fourth-order valence-corrected chi connectivity index (χ4v) is 5.70. The van der Waals surface area contributed by atoms with Crippen molar-refractivity contribution >= 4 is 26.9 Å². The fourth-order valence-electron chi connectivity index (χ4n) is 4.24. The summed E-state index contributed by atoms with van der Waals surface area (Å²) in [5.41, 5.74) is 3.12. The molecule has 0 saturated carbocycles. The van der Waals surface area contributed by atoms with Gasteiger partial charge in [0.1, 0.15) is 4.90 Å². The number of nitrogens with zero attached hydrogens (tertiary/aromatic N) is 2. The third kappa shape index (κ3) is 4.29. The van der Waals surface area contributed by atoms with Crippen molar-refractivity contribution in [3.8, 4) is 0 Å². The quantitative estimate of drug-likeness (QED) is 0.621. The standard InChI is InChI=1S/C24H29N3O4S/c1-16-13-20-18(3)21(24(28)27-11-6-4-5-7-12-27)31-22(20)23(17(16)2)32(29,30)26-15-19-9-8-10-25-14-19/h8-10,13-14,26H,4-7,11-12,15H2,1-3H3. The first-order valence-corrected chi connectivity index (χ1v) is 12.5. The van der Waals surface area contributed by atoms with Crippen molar-refractivity contribution in [2.75, 3.05) is 13.1 Å². The van der Waals surface area contributed by atoms with E-state index in [1.165, 1.54) is 0 Å². The molecule has 170 valence electrons. The molecule has 7 nitrogen and oxygen atoms in total. The highest BCUT2D eigenvalue weighted by Crippen LogP contribution is 2.35. The Labute approximate surface area is 188 Å². The van der Waals surface area contributed by atoms with Gasteiger partial charge < -0.3 is 9.32 Å². The van der Waals surface area contributed by atoms with E-state index in [4.69, 9.17) is 4.42 Å². The number of aromatic nitrogens is 1. The Morgan fingerprint density at radius 2 is 1.84 bits per heavy atom. The lowest BCUT2D eigenvalue weighted by molar-refractivity contribution is 0.0731. The van der Waals surface area contributed by atoms with E-state index in [1.54, 1.807) is 25.4 Å². The number of furan rings is 1. The summed E-state index contributed by atoms with van der Waals surface area (Å²) in [6.07, 6.45) is 7.44. The predicted molar refractivity (Wildman–Crippen MR) is 123 cm³/mol. The van der Waals surface area contributed by atoms with Crippen LogP contribution in [0.1, 0.15) is 58.5 Å². The lowest BCUT2D eigenvalue weighted by atomic mass is 10.0. The van der Waals surface area contributed by atoms with E-state index < -0.39 is 10.0 Å². The maximum Gasteiger partial charge on any atom is 0.289 e. The number of carbonyl (C=O) groups excluding carboxylic acids is 1. The minimum atomic E-state index is -3.89. The first kappa shape index (κ1) is 22.5. The summed E-state index contributed by atoms with van der Waals surface area (Å²) in [7, 11) is -3.89. The molecule has 1 N–H and O–H groups in total. The van der Waals surface area contributed by atoms with Crippen LogP contribution in [0.5, 0.6) is 0 Å². The highest BCUT2D eigenvalue weighted by atomic mass is 32.2. The van der Waals surface area contributed by atoms with Gasteiger partial charge in [0.25, 0.3) is 5.91 Å². The lowest BCUT2D eigenvalue weighted by Gasteiger charge is -2.19. The van der Waals surface area contributed by atoms with Gasteiger partial charge in [-0.15, -0.1) is 0 Å². The average Bonchev–Trinajstić information content (AvgIpc) is 2.96. The van der Waals surface area contributed by atoms with E-state index in [1.807, 2.05) is 30.9 Å². The third-order valence-electron chi connectivity index (χ3n) is 6.24. The molecule has 1 aliphatic rings. The molecule has 0 atom stereocenters. The molecular formula is C24H29N3O4S. The number of benzene rings is 1. The molecule has 1 amide bonds. The van der Waals surface area contributed by atoms with Crippen molar-refractivity contribution in [2.45, 2.75) is 57.9 Å². The van der Waals surface area contributed by atoms with Crippen LogP contribution in [-0.2, 0) is 16.6 Å². The number of amides is 1. The van der Waals surface area contributed by atoms with E-state index >= 15 is 0 Å². The minimum absolute atomic E-state index is 0.0920.